The zero-order chi connectivity index (χ0) is 20.4. The maximum absolute atomic E-state index is 11.9. The number of benzene rings is 2. The predicted octanol–water partition coefficient (Wildman–Crippen LogP) is 3.69. The number of hydrogen-bond donors (Lipinski definition) is 1. The number of nitrogens with zero attached hydrogens (tertiary/aromatic N) is 3. The van der Waals surface area contributed by atoms with Crippen LogP contribution in [0.4, 0.5) is 11.6 Å². The lowest BCUT2D eigenvalue weighted by Crippen LogP contribution is -1.99. The maximum atomic E-state index is 11.9. The van der Waals surface area contributed by atoms with E-state index in [0.29, 0.717) is 18.2 Å². The van der Waals surface area contributed by atoms with Crippen molar-refractivity contribution in [2.75, 3.05) is 18.7 Å². The van der Waals surface area contributed by atoms with Crippen molar-refractivity contribution in [2.24, 2.45) is 0 Å². The number of nitrogens with one attached hydrogen (secondary N) is 1. The second-order valence-electron chi connectivity index (χ2n) is 6.67. The second kappa shape index (κ2) is 7.65. The van der Waals surface area contributed by atoms with Crippen molar-refractivity contribution in [2.45, 2.75) is 11.5 Å². The molecule has 2 aromatic heterocycles. The van der Waals surface area contributed by atoms with E-state index in [1.54, 1.807) is 29.8 Å². The summed E-state index contributed by atoms with van der Waals surface area (Å²) >= 11 is 0. The summed E-state index contributed by atoms with van der Waals surface area (Å²) < 4.78 is 30.6. The van der Waals surface area contributed by atoms with Crippen LogP contribution in [0.5, 0.6) is 0 Å². The van der Waals surface area contributed by atoms with Crippen molar-refractivity contribution in [3.63, 3.8) is 0 Å². The molecule has 1 N–H and O–H groups in total. The molecule has 2 aromatic carbocycles. The summed E-state index contributed by atoms with van der Waals surface area (Å²) in [6, 6.07) is 20.2. The molecule has 0 aliphatic rings. The van der Waals surface area contributed by atoms with Gasteiger partial charge in [-0.15, -0.1) is 5.10 Å². The third-order valence-corrected chi connectivity index (χ3v) is 5.55. The van der Waals surface area contributed by atoms with Crippen molar-refractivity contribution in [1.29, 1.82) is 0 Å². The maximum Gasteiger partial charge on any atom is 0.247 e. The molecule has 0 aliphatic carbocycles. The highest BCUT2D eigenvalue weighted by Gasteiger charge is 2.12. The van der Waals surface area contributed by atoms with Gasteiger partial charge in [0.2, 0.25) is 5.95 Å². The Hall–Kier alpha value is -3.23. The van der Waals surface area contributed by atoms with Crippen molar-refractivity contribution in [3.8, 4) is 11.3 Å². The van der Waals surface area contributed by atoms with Gasteiger partial charge in [-0.05, 0) is 42.0 Å². The first-order chi connectivity index (χ1) is 13.9. The number of anilines is 2. The predicted molar refractivity (Wildman–Crippen MR) is 112 cm³/mol. The highest BCUT2D eigenvalue weighted by molar-refractivity contribution is 7.90. The van der Waals surface area contributed by atoms with Gasteiger partial charge in [0.15, 0.2) is 15.5 Å². The first-order valence-corrected chi connectivity index (χ1v) is 10.8. The summed E-state index contributed by atoms with van der Waals surface area (Å²) in [7, 11) is -1.63. The van der Waals surface area contributed by atoms with Crippen LogP contribution < -0.4 is 5.32 Å². The van der Waals surface area contributed by atoms with Gasteiger partial charge in [-0.25, -0.2) is 12.9 Å². The van der Waals surface area contributed by atoms with Crippen LogP contribution in [0.25, 0.3) is 16.9 Å². The van der Waals surface area contributed by atoms with Gasteiger partial charge in [0.1, 0.15) is 0 Å². The molecule has 0 spiro atoms. The number of pyridine rings is 1. The minimum atomic E-state index is -3.30. The fourth-order valence-electron chi connectivity index (χ4n) is 3.04. The van der Waals surface area contributed by atoms with Gasteiger partial charge in [0.05, 0.1) is 17.2 Å². The van der Waals surface area contributed by atoms with Gasteiger partial charge in [0, 0.05) is 24.6 Å². The molecule has 0 saturated heterocycles. The molecule has 0 amide bonds. The first-order valence-electron chi connectivity index (χ1n) is 8.95. The highest BCUT2D eigenvalue weighted by Crippen LogP contribution is 2.24. The van der Waals surface area contributed by atoms with Crippen LogP contribution >= 0.6 is 0 Å². The van der Waals surface area contributed by atoms with Crippen molar-refractivity contribution >= 4 is 27.1 Å². The lowest BCUT2D eigenvalue weighted by Gasteiger charge is -2.06. The first kappa shape index (κ1) is 19.1. The Balaban J connectivity index is 1.69. The third-order valence-electron chi connectivity index (χ3n) is 4.44. The van der Waals surface area contributed by atoms with Crippen LogP contribution in [0, 0.1) is 0 Å². The SMILES string of the molecule is COCc1ccc(Nc2nc3cccc(-c4cccc(S(C)(=O)=O)c4)n3n2)cc1. The van der Waals surface area contributed by atoms with Crippen LogP contribution in [0.2, 0.25) is 0 Å². The minimum absolute atomic E-state index is 0.265. The highest BCUT2D eigenvalue weighted by atomic mass is 32.2. The standard InChI is InChI=1S/C21H20N4O3S/c1-28-14-15-9-11-17(12-10-15)22-21-23-20-8-4-7-19(25(20)24-21)16-5-3-6-18(13-16)29(2,26)27/h3-13H,14H2,1-2H3,(H,22,24). The van der Waals surface area contributed by atoms with Gasteiger partial charge < -0.3 is 10.1 Å². The van der Waals surface area contributed by atoms with Crippen LogP contribution in [0.15, 0.2) is 71.6 Å². The fraction of sp³-hybridized carbons (Fsp3) is 0.143. The van der Waals surface area contributed by atoms with E-state index in [1.165, 1.54) is 6.26 Å². The van der Waals surface area contributed by atoms with Gasteiger partial charge >= 0.3 is 0 Å². The number of sulfone groups is 1. The number of hydrogen-bond acceptors (Lipinski definition) is 6. The van der Waals surface area contributed by atoms with Gasteiger partial charge in [-0.2, -0.15) is 4.98 Å². The number of rotatable bonds is 6. The Bertz CT molecular complexity index is 1260. The second-order valence-corrected chi connectivity index (χ2v) is 8.69. The van der Waals surface area contributed by atoms with E-state index in [9.17, 15) is 8.42 Å². The van der Waals surface area contributed by atoms with E-state index < -0.39 is 9.84 Å². The summed E-state index contributed by atoms with van der Waals surface area (Å²) in [6.45, 7) is 0.558. The summed E-state index contributed by atoms with van der Waals surface area (Å²) in [4.78, 5) is 4.79. The Morgan fingerprint density at radius 1 is 1.03 bits per heavy atom. The Morgan fingerprint density at radius 2 is 1.79 bits per heavy atom. The summed E-state index contributed by atoms with van der Waals surface area (Å²) in [6.07, 6.45) is 1.20. The Kier molecular flexibility index (Phi) is 5.04. The molecule has 0 bridgehead atoms. The minimum Gasteiger partial charge on any atom is -0.380 e. The largest absolute Gasteiger partial charge is 0.380 e. The average Bonchev–Trinajstić information content (AvgIpc) is 3.11. The van der Waals surface area contributed by atoms with E-state index in [2.05, 4.69) is 15.4 Å². The van der Waals surface area contributed by atoms with Crippen molar-refractivity contribution in [1.82, 2.24) is 14.6 Å². The number of methoxy groups -OCH3 is 1. The zero-order valence-corrected chi connectivity index (χ0v) is 16.8. The van der Waals surface area contributed by atoms with Crippen LogP contribution in [0.1, 0.15) is 5.56 Å². The molecule has 0 fully saturated rings. The molecule has 4 rings (SSSR count). The normalized spacial score (nSPS) is 11.7. The summed E-state index contributed by atoms with van der Waals surface area (Å²) in [5.41, 5.74) is 4.10. The molecule has 0 saturated carbocycles. The molecular formula is C21H20N4O3S. The number of aromatic nitrogens is 3. The molecule has 4 aromatic rings. The molecule has 0 unspecified atom stereocenters. The van der Waals surface area contributed by atoms with E-state index >= 15 is 0 Å². The number of fused-ring (bicyclic) bond motifs is 1. The number of ether oxygens (including phenoxy) is 1. The average molecular weight is 408 g/mol. The molecule has 2 heterocycles. The molecule has 8 heteroatoms. The fourth-order valence-corrected chi connectivity index (χ4v) is 3.71. The molecule has 148 valence electrons. The van der Waals surface area contributed by atoms with E-state index in [0.717, 1.165) is 22.5 Å². The molecule has 0 aliphatic heterocycles. The van der Waals surface area contributed by atoms with E-state index in [4.69, 9.17) is 4.74 Å². The summed E-state index contributed by atoms with van der Waals surface area (Å²) in [5, 5.41) is 7.75. The molecule has 29 heavy (non-hydrogen) atoms. The van der Waals surface area contributed by atoms with Gasteiger partial charge in [-0.1, -0.05) is 30.3 Å². The Labute approximate surface area is 168 Å². The van der Waals surface area contributed by atoms with E-state index in [1.807, 2.05) is 48.5 Å². The lowest BCUT2D eigenvalue weighted by atomic mass is 10.1. The molecule has 0 radical (unpaired) electrons. The lowest BCUT2D eigenvalue weighted by molar-refractivity contribution is 0.185. The third kappa shape index (κ3) is 4.13. The van der Waals surface area contributed by atoms with Crippen molar-refractivity contribution < 1.29 is 13.2 Å². The molecule has 7 nitrogen and oxygen atoms in total. The summed E-state index contributed by atoms with van der Waals surface area (Å²) in [5.74, 6) is 0.455. The zero-order valence-electron chi connectivity index (χ0n) is 16.0. The topological polar surface area (TPSA) is 85.6 Å². The van der Waals surface area contributed by atoms with E-state index in [-0.39, 0.29) is 4.90 Å². The van der Waals surface area contributed by atoms with Gasteiger partial charge in [0.25, 0.3) is 0 Å². The smallest absolute Gasteiger partial charge is 0.247 e. The Morgan fingerprint density at radius 3 is 2.52 bits per heavy atom. The van der Waals surface area contributed by atoms with Crippen LogP contribution in [-0.4, -0.2) is 36.4 Å². The van der Waals surface area contributed by atoms with Crippen LogP contribution in [-0.2, 0) is 21.2 Å². The molecule has 0 atom stereocenters. The quantitative estimate of drug-likeness (QED) is 0.524. The van der Waals surface area contributed by atoms with Crippen LogP contribution in [0.3, 0.4) is 0 Å². The molecular weight excluding hydrogens is 388 g/mol. The van der Waals surface area contributed by atoms with Gasteiger partial charge in [-0.3, -0.25) is 0 Å². The monoisotopic (exact) mass is 408 g/mol. The van der Waals surface area contributed by atoms with Crippen molar-refractivity contribution in [3.05, 3.63) is 72.3 Å².